The first kappa shape index (κ1) is 20.6. The summed E-state index contributed by atoms with van der Waals surface area (Å²) in [6.45, 7) is 4.52. The third kappa shape index (κ3) is 5.03. The molecule has 0 radical (unpaired) electrons. The van der Waals surface area contributed by atoms with Crippen LogP contribution in [0.4, 0.5) is 5.69 Å². The van der Waals surface area contributed by atoms with Crippen LogP contribution in [0.1, 0.15) is 15.9 Å². The Morgan fingerprint density at radius 2 is 1.79 bits per heavy atom. The SMILES string of the molecule is Cc1ccccc1OCC(=O)Nc1cc(C(=O)N2CCN(C)CC2)cn(C)c1=O. The number of amides is 2. The third-order valence-corrected chi connectivity index (χ3v) is 4.95. The molecule has 1 fully saturated rings. The number of likely N-dealkylation sites (N-methyl/N-ethyl adjacent to an activating group) is 1. The van der Waals surface area contributed by atoms with E-state index in [1.807, 2.05) is 32.2 Å². The molecule has 2 amide bonds. The minimum atomic E-state index is -0.463. The average molecular weight is 398 g/mol. The quantitative estimate of drug-likeness (QED) is 0.815. The largest absolute Gasteiger partial charge is 0.483 e. The molecule has 1 aromatic carbocycles. The summed E-state index contributed by atoms with van der Waals surface area (Å²) in [7, 11) is 3.57. The molecule has 0 bridgehead atoms. The Balaban J connectivity index is 1.70. The molecule has 0 atom stereocenters. The van der Waals surface area contributed by atoms with Crippen LogP contribution >= 0.6 is 0 Å². The molecule has 0 aliphatic carbocycles. The molecule has 1 saturated heterocycles. The molecule has 1 aliphatic rings. The summed E-state index contributed by atoms with van der Waals surface area (Å²) in [5.41, 5.74) is 0.956. The van der Waals surface area contributed by atoms with Gasteiger partial charge in [0.2, 0.25) is 0 Å². The number of ether oxygens (including phenoxy) is 1. The van der Waals surface area contributed by atoms with Crippen LogP contribution in [0.25, 0.3) is 0 Å². The fraction of sp³-hybridized carbons (Fsp3) is 0.381. The van der Waals surface area contributed by atoms with Crippen LogP contribution in [-0.4, -0.2) is 66.0 Å². The maximum atomic E-state index is 12.8. The van der Waals surface area contributed by atoms with E-state index >= 15 is 0 Å². The lowest BCUT2D eigenvalue weighted by molar-refractivity contribution is -0.118. The minimum absolute atomic E-state index is 0.0610. The van der Waals surface area contributed by atoms with E-state index in [2.05, 4.69) is 10.2 Å². The summed E-state index contributed by atoms with van der Waals surface area (Å²) < 4.78 is 6.83. The molecule has 0 spiro atoms. The number of hydrogen-bond acceptors (Lipinski definition) is 5. The maximum absolute atomic E-state index is 12.8. The molecule has 8 nitrogen and oxygen atoms in total. The standard InChI is InChI=1S/C21H26N4O4/c1-15-6-4-5-7-18(15)29-14-19(26)22-17-12-16(13-24(3)21(17)28)20(27)25-10-8-23(2)9-11-25/h4-7,12-13H,8-11,14H2,1-3H3,(H,22,26). The zero-order valence-electron chi connectivity index (χ0n) is 17.0. The monoisotopic (exact) mass is 398 g/mol. The number of carbonyl (C=O) groups excluding carboxylic acids is 2. The molecule has 3 rings (SSSR count). The second kappa shape index (κ2) is 8.91. The van der Waals surface area contributed by atoms with Crippen molar-refractivity contribution in [3.8, 4) is 5.75 Å². The van der Waals surface area contributed by atoms with Gasteiger partial charge in [-0.3, -0.25) is 14.4 Å². The Labute approximate surface area is 169 Å². The average Bonchev–Trinajstić information content (AvgIpc) is 2.70. The van der Waals surface area contributed by atoms with Crippen molar-refractivity contribution in [3.63, 3.8) is 0 Å². The fourth-order valence-corrected chi connectivity index (χ4v) is 3.16. The number of anilines is 1. The van der Waals surface area contributed by atoms with Gasteiger partial charge in [-0.25, -0.2) is 0 Å². The summed E-state index contributed by atoms with van der Waals surface area (Å²) >= 11 is 0. The summed E-state index contributed by atoms with van der Waals surface area (Å²) in [4.78, 5) is 41.4. The number of carbonyl (C=O) groups is 2. The lowest BCUT2D eigenvalue weighted by Gasteiger charge is -2.32. The molecule has 1 aromatic heterocycles. The van der Waals surface area contributed by atoms with E-state index in [0.29, 0.717) is 24.4 Å². The number of piperazine rings is 1. The highest BCUT2D eigenvalue weighted by atomic mass is 16.5. The smallest absolute Gasteiger partial charge is 0.274 e. The van der Waals surface area contributed by atoms with E-state index in [1.54, 1.807) is 18.0 Å². The number of para-hydroxylation sites is 1. The number of benzene rings is 1. The minimum Gasteiger partial charge on any atom is -0.483 e. The molecule has 8 heteroatoms. The molecule has 0 saturated carbocycles. The zero-order valence-corrected chi connectivity index (χ0v) is 17.0. The number of rotatable bonds is 5. The predicted molar refractivity (Wildman–Crippen MR) is 110 cm³/mol. The van der Waals surface area contributed by atoms with Crippen molar-refractivity contribution in [1.29, 1.82) is 0 Å². The van der Waals surface area contributed by atoms with Gasteiger partial charge in [-0.15, -0.1) is 0 Å². The molecule has 2 aromatic rings. The fourth-order valence-electron chi connectivity index (χ4n) is 3.16. The van der Waals surface area contributed by atoms with E-state index in [1.165, 1.54) is 16.8 Å². The van der Waals surface area contributed by atoms with E-state index in [0.717, 1.165) is 18.7 Å². The van der Waals surface area contributed by atoms with Gasteiger partial charge in [-0.1, -0.05) is 18.2 Å². The van der Waals surface area contributed by atoms with Crippen LogP contribution in [0.3, 0.4) is 0 Å². The van der Waals surface area contributed by atoms with E-state index < -0.39 is 5.91 Å². The normalized spacial score (nSPS) is 14.5. The number of aromatic nitrogens is 1. The van der Waals surface area contributed by atoms with Crippen LogP contribution in [0.2, 0.25) is 0 Å². The van der Waals surface area contributed by atoms with Gasteiger partial charge in [0.25, 0.3) is 17.4 Å². The van der Waals surface area contributed by atoms with Crippen molar-refractivity contribution in [1.82, 2.24) is 14.4 Å². The lowest BCUT2D eigenvalue weighted by Crippen LogP contribution is -2.47. The van der Waals surface area contributed by atoms with Gasteiger partial charge in [0, 0.05) is 39.4 Å². The van der Waals surface area contributed by atoms with Crippen molar-refractivity contribution >= 4 is 17.5 Å². The first-order valence-corrected chi connectivity index (χ1v) is 9.52. The molecule has 154 valence electrons. The summed E-state index contributed by atoms with van der Waals surface area (Å²) in [5, 5.41) is 2.57. The Kier molecular flexibility index (Phi) is 6.33. The van der Waals surface area contributed by atoms with Crippen LogP contribution < -0.4 is 15.6 Å². The van der Waals surface area contributed by atoms with E-state index in [4.69, 9.17) is 4.74 Å². The molecule has 0 unspecified atom stereocenters. The Hall–Kier alpha value is -3.13. The van der Waals surface area contributed by atoms with Gasteiger partial charge in [-0.2, -0.15) is 0 Å². The van der Waals surface area contributed by atoms with Gasteiger partial charge < -0.3 is 24.4 Å². The zero-order chi connectivity index (χ0) is 21.0. The molecule has 1 N–H and O–H groups in total. The van der Waals surface area contributed by atoms with Crippen LogP contribution in [0.15, 0.2) is 41.3 Å². The van der Waals surface area contributed by atoms with Crippen molar-refractivity contribution < 1.29 is 14.3 Å². The summed E-state index contributed by atoms with van der Waals surface area (Å²) in [6, 6.07) is 8.81. The predicted octanol–water partition coefficient (Wildman–Crippen LogP) is 1.10. The number of pyridine rings is 1. The summed E-state index contributed by atoms with van der Waals surface area (Å²) in [5.74, 6) is -0.00976. The highest BCUT2D eigenvalue weighted by molar-refractivity contribution is 5.97. The van der Waals surface area contributed by atoms with Crippen molar-refractivity contribution in [2.45, 2.75) is 6.92 Å². The van der Waals surface area contributed by atoms with E-state index in [9.17, 15) is 14.4 Å². The Morgan fingerprint density at radius 1 is 1.10 bits per heavy atom. The Bertz CT molecular complexity index is 961. The highest BCUT2D eigenvalue weighted by Crippen LogP contribution is 2.16. The second-order valence-corrected chi connectivity index (χ2v) is 7.26. The highest BCUT2D eigenvalue weighted by Gasteiger charge is 2.22. The van der Waals surface area contributed by atoms with Gasteiger partial charge >= 0.3 is 0 Å². The number of aryl methyl sites for hydroxylation is 2. The lowest BCUT2D eigenvalue weighted by atomic mass is 10.2. The van der Waals surface area contributed by atoms with Gasteiger partial charge in [0.1, 0.15) is 11.4 Å². The number of hydrogen-bond donors (Lipinski definition) is 1. The van der Waals surface area contributed by atoms with Crippen molar-refractivity contribution in [2.24, 2.45) is 7.05 Å². The second-order valence-electron chi connectivity index (χ2n) is 7.26. The first-order chi connectivity index (χ1) is 13.8. The number of nitrogens with zero attached hydrogens (tertiary/aromatic N) is 3. The van der Waals surface area contributed by atoms with Crippen molar-refractivity contribution in [3.05, 3.63) is 58.0 Å². The van der Waals surface area contributed by atoms with E-state index in [-0.39, 0.29) is 23.8 Å². The van der Waals surface area contributed by atoms with Gasteiger partial charge in [0.15, 0.2) is 6.61 Å². The van der Waals surface area contributed by atoms with Crippen LogP contribution in [0.5, 0.6) is 5.75 Å². The first-order valence-electron chi connectivity index (χ1n) is 9.52. The van der Waals surface area contributed by atoms with Gasteiger partial charge in [0.05, 0.1) is 5.56 Å². The molecular weight excluding hydrogens is 372 g/mol. The molecule has 29 heavy (non-hydrogen) atoms. The van der Waals surface area contributed by atoms with Gasteiger partial charge in [-0.05, 0) is 31.7 Å². The number of nitrogens with one attached hydrogen (secondary N) is 1. The topological polar surface area (TPSA) is 83.9 Å². The molecule has 1 aliphatic heterocycles. The third-order valence-electron chi connectivity index (χ3n) is 4.95. The van der Waals surface area contributed by atoms with Crippen LogP contribution in [-0.2, 0) is 11.8 Å². The van der Waals surface area contributed by atoms with Crippen molar-refractivity contribution in [2.75, 3.05) is 45.2 Å². The molecule has 2 heterocycles. The summed E-state index contributed by atoms with van der Waals surface area (Å²) in [6.07, 6.45) is 1.50. The molecular formula is C21H26N4O4. The Morgan fingerprint density at radius 3 is 2.48 bits per heavy atom. The van der Waals surface area contributed by atoms with Crippen LogP contribution in [0, 0.1) is 6.92 Å². The maximum Gasteiger partial charge on any atom is 0.274 e.